The Morgan fingerprint density at radius 3 is 3.14 bits per heavy atom. The van der Waals surface area contributed by atoms with Gasteiger partial charge in [0.1, 0.15) is 12.0 Å². The molecule has 0 unspecified atom stereocenters. The Kier molecular flexibility index (Phi) is 2.18. The lowest BCUT2D eigenvalue weighted by Gasteiger charge is -2.00. The molecule has 0 saturated carbocycles. The van der Waals surface area contributed by atoms with Crippen molar-refractivity contribution in [3.63, 3.8) is 0 Å². The Morgan fingerprint density at radius 1 is 1.57 bits per heavy atom. The van der Waals surface area contributed by atoms with Gasteiger partial charge in [0.2, 0.25) is 0 Å². The minimum atomic E-state index is 0.336. The van der Waals surface area contributed by atoms with Crippen LogP contribution in [0.3, 0.4) is 0 Å². The molecule has 72 valence electrons. The van der Waals surface area contributed by atoms with Crippen LogP contribution < -0.4 is 4.74 Å². The van der Waals surface area contributed by atoms with E-state index in [9.17, 15) is 4.79 Å². The topological polar surface area (TPSA) is 44.1 Å². The van der Waals surface area contributed by atoms with Crippen molar-refractivity contribution in [3.8, 4) is 5.75 Å². The fraction of sp³-hybridized carbons (Fsp3) is 0.200. The summed E-state index contributed by atoms with van der Waals surface area (Å²) in [4.78, 5) is 14.5. The van der Waals surface area contributed by atoms with Crippen LogP contribution >= 0.6 is 0 Å². The number of nitrogens with zero attached hydrogens (tertiary/aromatic N) is 2. The summed E-state index contributed by atoms with van der Waals surface area (Å²) in [6.45, 7) is 0.336. The first-order valence-electron chi connectivity index (χ1n) is 4.27. The second-order valence-corrected chi connectivity index (χ2v) is 2.92. The van der Waals surface area contributed by atoms with Gasteiger partial charge in [-0.25, -0.2) is 4.98 Å². The van der Waals surface area contributed by atoms with Crippen LogP contribution in [-0.2, 0) is 11.3 Å². The molecular weight excluding hydrogens is 180 g/mol. The first-order valence-corrected chi connectivity index (χ1v) is 4.27. The third kappa shape index (κ3) is 1.35. The number of aldehydes is 1. The highest BCUT2D eigenvalue weighted by Crippen LogP contribution is 2.19. The van der Waals surface area contributed by atoms with E-state index in [0.717, 1.165) is 23.1 Å². The van der Waals surface area contributed by atoms with Gasteiger partial charge in [-0.2, -0.15) is 0 Å². The molecule has 1 aromatic carbocycles. The maximum atomic E-state index is 10.4. The number of imidazole rings is 1. The molecule has 14 heavy (non-hydrogen) atoms. The molecule has 1 aromatic heterocycles. The van der Waals surface area contributed by atoms with Crippen molar-refractivity contribution in [2.24, 2.45) is 0 Å². The fourth-order valence-electron chi connectivity index (χ4n) is 1.40. The van der Waals surface area contributed by atoms with Crippen LogP contribution in [0.15, 0.2) is 24.5 Å². The van der Waals surface area contributed by atoms with Crippen LogP contribution in [0.25, 0.3) is 11.0 Å². The Bertz CT molecular complexity index is 462. The van der Waals surface area contributed by atoms with Crippen LogP contribution in [0.4, 0.5) is 0 Å². The molecule has 0 radical (unpaired) electrons. The normalized spacial score (nSPS) is 10.4. The number of carbonyl (C=O) groups is 1. The minimum Gasteiger partial charge on any atom is -0.497 e. The summed E-state index contributed by atoms with van der Waals surface area (Å²) in [5, 5.41) is 0. The molecule has 2 rings (SSSR count). The Balaban J connectivity index is 2.53. The van der Waals surface area contributed by atoms with Crippen LogP contribution in [0.5, 0.6) is 5.75 Å². The van der Waals surface area contributed by atoms with Gasteiger partial charge in [-0.05, 0) is 12.1 Å². The average Bonchev–Trinajstić information content (AvgIpc) is 2.61. The quantitative estimate of drug-likeness (QED) is 0.684. The largest absolute Gasteiger partial charge is 0.497 e. The van der Waals surface area contributed by atoms with Crippen LogP contribution in [0, 0.1) is 0 Å². The van der Waals surface area contributed by atoms with Gasteiger partial charge in [0, 0.05) is 6.07 Å². The van der Waals surface area contributed by atoms with Crippen molar-refractivity contribution in [3.05, 3.63) is 24.5 Å². The molecule has 0 amide bonds. The molecule has 0 atom stereocenters. The number of rotatable bonds is 3. The van der Waals surface area contributed by atoms with Crippen molar-refractivity contribution in [1.82, 2.24) is 9.55 Å². The molecular formula is C10H10N2O2. The third-order valence-electron chi connectivity index (χ3n) is 2.10. The summed E-state index contributed by atoms with van der Waals surface area (Å²) >= 11 is 0. The van der Waals surface area contributed by atoms with Crippen molar-refractivity contribution in [2.75, 3.05) is 7.11 Å². The van der Waals surface area contributed by atoms with E-state index in [4.69, 9.17) is 4.74 Å². The summed E-state index contributed by atoms with van der Waals surface area (Å²) in [5.74, 6) is 0.772. The summed E-state index contributed by atoms with van der Waals surface area (Å²) in [6, 6.07) is 5.59. The van der Waals surface area contributed by atoms with E-state index < -0.39 is 0 Å². The highest BCUT2D eigenvalue weighted by molar-refractivity contribution is 5.77. The molecule has 2 aromatic rings. The van der Waals surface area contributed by atoms with E-state index >= 15 is 0 Å². The molecule has 0 fully saturated rings. The lowest BCUT2D eigenvalue weighted by Crippen LogP contribution is -1.95. The number of fused-ring (bicyclic) bond motifs is 1. The molecule has 0 spiro atoms. The molecule has 0 aliphatic rings. The summed E-state index contributed by atoms with van der Waals surface area (Å²) in [7, 11) is 1.61. The lowest BCUT2D eigenvalue weighted by atomic mass is 10.3. The number of ether oxygens (including phenoxy) is 1. The van der Waals surface area contributed by atoms with Gasteiger partial charge in [0.15, 0.2) is 0 Å². The summed E-state index contributed by atoms with van der Waals surface area (Å²) in [5.41, 5.74) is 1.78. The molecule has 0 saturated heterocycles. The van der Waals surface area contributed by atoms with Gasteiger partial charge < -0.3 is 14.1 Å². The van der Waals surface area contributed by atoms with Gasteiger partial charge in [-0.1, -0.05) is 0 Å². The van der Waals surface area contributed by atoms with E-state index in [0.29, 0.717) is 6.54 Å². The van der Waals surface area contributed by atoms with E-state index in [1.807, 2.05) is 18.2 Å². The highest BCUT2D eigenvalue weighted by Gasteiger charge is 2.02. The highest BCUT2D eigenvalue weighted by atomic mass is 16.5. The zero-order valence-corrected chi connectivity index (χ0v) is 7.80. The van der Waals surface area contributed by atoms with E-state index in [1.54, 1.807) is 18.0 Å². The van der Waals surface area contributed by atoms with Crippen molar-refractivity contribution in [1.29, 1.82) is 0 Å². The lowest BCUT2D eigenvalue weighted by molar-refractivity contribution is -0.108. The SMILES string of the molecule is COc1ccc2c(c1)ncn2CC=O. The van der Waals surface area contributed by atoms with Crippen LogP contribution in [0.1, 0.15) is 0 Å². The van der Waals surface area contributed by atoms with E-state index in [1.165, 1.54) is 0 Å². The van der Waals surface area contributed by atoms with Crippen molar-refractivity contribution >= 4 is 17.3 Å². The number of hydrogen-bond donors (Lipinski definition) is 0. The Hall–Kier alpha value is -1.84. The summed E-state index contributed by atoms with van der Waals surface area (Å²) in [6.07, 6.45) is 2.50. The maximum absolute atomic E-state index is 10.4. The first-order chi connectivity index (χ1) is 6.85. The second kappa shape index (κ2) is 3.49. The van der Waals surface area contributed by atoms with E-state index in [-0.39, 0.29) is 0 Å². The summed E-state index contributed by atoms with van der Waals surface area (Å²) < 4.78 is 6.87. The molecule has 0 aliphatic heterocycles. The van der Waals surface area contributed by atoms with Gasteiger partial charge in [-0.3, -0.25) is 0 Å². The van der Waals surface area contributed by atoms with Gasteiger partial charge in [-0.15, -0.1) is 0 Å². The van der Waals surface area contributed by atoms with E-state index in [2.05, 4.69) is 4.98 Å². The number of aromatic nitrogens is 2. The monoisotopic (exact) mass is 190 g/mol. The number of hydrogen-bond acceptors (Lipinski definition) is 3. The van der Waals surface area contributed by atoms with Crippen LogP contribution in [0.2, 0.25) is 0 Å². The third-order valence-corrected chi connectivity index (χ3v) is 2.10. The second-order valence-electron chi connectivity index (χ2n) is 2.92. The first kappa shape index (κ1) is 8.74. The smallest absolute Gasteiger partial charge is 0.139 e. The van der Waals surface area contributed by atoms with Gasteiger partial charge in [0.25, 0.3) is 0 Å². The molecule has 0 bridgehead atoms. The minimum absolute atomic E-state index is 0.336. The number of benzene rings is 1. The molecule has 4 nitrogen and oxygen atoms in total. The standard InChI is InChI=1S/C10H10N2O2/c1-14-8-2-3-10-9(6-8)11-7-12(10)4-5-13/h2-3,5-7H,4H2,1H3. The predicted octanol–water partition coefficient (Wildman–Crippen LogP) is 1.24. The Morgan fingerprint density at radius 2 is 2.43 bits per heavy atom. The molecule has 0 N–H and O–H groups in total. The molecule has 4 heteroatoms. The van der Waals surface area contributed by atoms with Crippen molar-refractivity contribution in [2.45, 2.75) is 6.54 Å². The van der Waals surface area contributed by atoms with Gasteiger partial charge >= 0.3 is 0 Å². The van der Waals surface area contributed by atoms with Gasteiger partial charge in [0.05, 0.1) is 31.0 Å². The average molecular weight is 190 g/mol. The zero-order chi connectivity index (χ0) is 9.97. The fourth-order valence-corrected chi connectivity index (χ4v) is 1.40. The maximum Gasteiger partial charge on any atom is 0.139 e. The number of carbonyl (C=O) groups excluding carboxylic acids is 1. The molecule has 1 heterocycles. The number of methoxy groups -OCH3 is 1. The molecule has 0 aliphatic carbocycles. The van der Waals surface area contributed by atoms with Crippen LogP contribution in [-0.4, -0.2) is 22.9 Å². The predicted molar refractivity (Wildman–Crippen MR) is 52.3 cm³/mol. The zero-order valence-electron chi connectivity index (χ0n) is 7.80. The Labute approximate surface area is 81.1 Å². The van der Waals surface area contributed by atoms with Crippen molar-refractivity contribution < 1.29 is 9.53 Å².